The van der Waals surface area contributed by atoms with Gasteiger partial charge in [-0.1, -0.05) is 0 Å². The van der Waals surface area contributed by atoms with Gasteiger partial charge in [0.1, 0.15) is 0 Å². The van der Waals surface area contributed by atoms with Crippen LogP contribution in [-0.2, 0) is 0 Å². The molecule has 2 aliphatic heterocycles. The normalized spacial score (nSPS) is 43.0. The molecule has 2 rings (SSSR count). The fraction of sp³-hybridized carbons (Fsp3) is 0. The molecule has 0 bridgehead atoms. The molecule has 0 atom stereocenters. The van der Waals surface area contributed by atoms with Crippen molar-refractivity contribution in [1.29, 1.82) is 0 Å². The Kier molecular flexibility index (Phi) is 0.238. The molecule has 0 N–H and O–H groups in total. The topological polar surface area (TPSA) is 0 Å². The van der Waals surface area contributed by atoms with Crippen LogP contribution in [-0.4, -0.2) is 5.87 Å². The van der Waals surface area contributed by atoms with Crippen LogP contribution in [0.2, 0.25) is 0 Å². The highest BCUT2D eigenvalue weighted by molar-refractivity contribution is 8.87. The van der Waals surface area contributed by atoms with E-state index < -0.39 is 0 Å². The lowest BCUT2D eigenvalue weighted by atomic mass is 10.7. The Bertz CT molecular complexity index is 114. The van der Waals surface area contributed by atoms with E-state index in [2.05, 4.69) is 0 Å². The van der Waals surface area contributed by atoms with Crippen LogP contribution in [0.4, 0.5) is 0 Å². The van der Waals surface area contributed by atoms with Crippen LogP contribution in [0.5, 0.6) is 0 Å². The highest BCUT2D eigenvalue weighted by Crippen LogP contribution is 2.79. The van der Waals surface area contributed by atoms with Gasteiger partial charge in [-0.25, -0.2) is 0 Å². The maximum atomic E-state index is 1.81. The first-order chi connectivity index (χ1) is 1.97. The molecule has 0 nitrogen and oxygen atoms in total. The van der Waals surface area contributed by atoms with E-state index in [1.807, 2.05) is 15.5 Å². The third kappa shape index (κ3) is 0.142. The van der Waals surface area contributed by atoms with Crippen molar-refractivity contribution in [3.63, 3.8) is 0 Å². The average molecular weight is 104 g/mol. The predicted octanol–water partition coefficient (Wildman–Crippen LogP) is 2.20. The summed E-state index contributed by atoms with van der Waals surface area (Å²) in [5.41, 5.74) is 0. The maximum Gasteiger partial charge on any atom is 0.327 e. The fourth-order valence-corrected chi connectivity index (χ4v) is 6.75. The van der Waals surface area contributed by atoms with Gasteiger partial charge in [0.25, 0.3) is 0 Å². The van der Waals surface area contributed by atoms with Gasteiger partial charge >= 0.3 is 5.87 Å². The molecule has 18 valence electrons. The SMILES string of the molecule is P1=P2=PB12. The first kappa shape index (κ1) is 2.19. The molecule has 0 fully saturated rings. The molecule has 0 aliphatic carbocycles. The van der Waals surface area contributed by atoms with E-state index in [-0.39, 0.29) is 0 Å². The molecule has 0 aromatic heterocycles. The van der Waals surface area contributed by atoms with E-state index in [9.17, 15) is 0 Å². The second kappa shape index (κ2) is 0.434. The number of fused-ring (bicyclic) bond motifs is 1. The van der Waals surface area contributed by atoms with Gasteiger partial charge in [0.2, 0.25) is 0 Å². The first-order valence-electron chi connectivity index (χ1n) is 1.17. The summed E-state index contributed by atoms with van der Waals surface area (Å²) in [5.74, 6) is 1.26. The summed E-state index contributed by atoms with van der Waals surface area (Å²) < 4.78 is 0. The summed E-state index contributed by atoms with van der Waals surface area (Å²) in [6.07, 6.45) is 0.741. The Labute approximate surface area is 28.6 Å². The van der Waals surface area contributed by atoms with E-state index in [0.717, 1.165) is 6.37 Å². The Morgan fingerprint density at radius 3 is 1.75 bits per heavy atom. The first-order valence-corrected chi connectivity index (χ1v) is 5.92. The number of hydrogen-bond donors (Lipinski definition) is 0. The van der Waals surface area contributed by atoms with E-state index in [4.69, 9.17) is 0 Å². The van der Waals surface area contributed by atoms with Crippen molar-refractivity contribution in [3.8, 4) is 0 Å². The summed E-state index contributed by atoms with van der Waals surface area (Å²) in [6.45, 7) is 0. The molecule has 0 aromatic carbocycles. The van der Waals surface area contributed by atoms with Crippen LogP contribution in [0.3, 0.4) is 0 Å². The zero-order valence-corrected chi connectivity index (χ0v) is 4.60. The third-order valence-corrected chi connectivity index (χ3v) is 10.4. The van der Waals surface area contributed by atoms with Crippen LogP contribution in [0.15, 0.2) is 0 Å². The van der Waals surface area contributed by atoms with Gasteiger partial charge in [0, 0.05) is 0 Å². The third-order valence-electron chi connectivity index (χ3n) is 0.541. The van der Waals surface area contributed by atoms with Crippen molar-refractivity contribution in [1.82, 2.24) is 0 Å². The van der Waals surface area contributed by atoms with Gasteiger partial charge in [0.05, 0.1) is 0 Å². The quantitative estimate of drug-likeness (QED) is 0.326. The van der Waals surface area contributed by atoms with E-state index >= 15 is 0 Å². The summed E-state index contributed by atoms with van der Waals surface area (Å²) in [7, 11) is 3.63. The summed E-state index contributed by atoms with van der Waals surface area (Å²) in [6, 6.07) is 0. The molecular weight excluding hydrogens is 104 g/mol. The predicted molar refractivity (Wildman–Crippen MR) is 26.5 cm³/mol. The Balaban J connectivity index is 3.39. The van der Waals surface area contributed by atoms with Crippen LogP contribution in [0, 0.1) is 0 Å². The van der Waals surface area contributed by atoms with Gasteiger partial charge in [-0.2, -0.15) is 0 Å². The van der Waals surface area contributed by atoms with Crippen LogP contribution in [0.25, 0.3) is 0 Å². The molecule has 0 saturated carbocycles. The minimum atomic E-state index is 0.741. The van der Waals surface area contributed by atoms with Crippen LogP contribution >= 0.6 is 21.9 Å². The zero-order valence-electron chi connectivity index (χ0n) is 1.92. The zero-order chi connectivity index (χ0) is 2.57. The Hall–Kier alpha value is 0.965. The van der Waals surface area contributed by atoms with E-state index in [1.54, 1.807) is 0 Å². The highest BCUT2D eigenvalue weighted by Gasteiger charge is 2.35. The molecule has 2 aliphatic rings. The molecule has 0 spiro atoms. The molecule has 0 amide bonds. The Morgan fingerprint density at radius 2 is 1.75 bits per heavy atom. The summed E-state index contributed by atoms with van der Waals surface area (Å²) >= 11 is 0. The number of hydrogen-bond acceptors (Lipinski definition) is 0. The van der Waals surface area contributed by atoms with Crippen LogP contribution in [0.1, 0.15) is 0 Å². The van der Waals surface area contributed by atoms with Gasteiger partial charge < -0.3 is 0 Å². The highest BCUT2D eigenvalue weighted by atomic mass is 32.1. The van der Waals surface area contributed by atoms with Crippen molar-refractivity contribution >= 4 is 27.7 Å². The van der Waals surface area contributed by atoms with Crippen molar-refractivity contribution < 1.29 is 0 Å². The maximum absolute atomic E-state index is 1.81. The molecule has 4 heteroatoms. The van der Waals surface area contributed by atoms with E-state index in [1.165, 1.54) is 5.87 Å². The molecule has 4 heavy (non-hydrogen) atoms. The standard InChI is InChI=1S/BP3/c2-1-3-4(1)2. The molecule has 0 saturated heterocycles. The minimum absolute atomic E-state index is 0.741. The van der Waals surface area contributed by atoms with Crippen molar-refractivity contribution in [2.45, 2.75) is 0 Å². The van der Waals surface area contributed by atoms with Crippen molar-refractivity contribution in [2.75, 3.05) is 0 Å². The monoisotopic (exact) mass is 104 g/mol. The lowest BCUT2D eigenvalue weighted by Gasteiger charge is -1.34. The number of rotatable bonds is 0. The second-order valence-corrected chi connectivity index (χ2v) is 9.69. The van der Waals surface area contributed by atoms with E-state index in [0.29, 0.717) is 0 Å². The Morgan fingerprint density at radius 1 is 1.50 bits per heavy atom. The lowest BCUT2D eigenvalue weighted by molar-refractivity contribution is 4.76. The van der Waals surface area contributed by atoms with Gasteiger partial charge in [0.15, 0.2) is 0 Å². The largest absolute Gasteiger partial charge is 0.327 e. The van der Waals surface area contributed by atoms with Gasteiger partial charge in [-0.05, 0) is 0 Å². The van der Waals surface area contributed by atoms with Crippen molar-refractivity contribution in [2.24, 2.45) is 0 Å². The van der Waals surface area contributed by atoms with Crippen molar-refractivity contribution in [3.05, 3.63) is 0 Å². The van der Waals surface area contributed by atoms with Gasteiger partial charge in [-0.3, -0.25) is 0 Å². The summed E-state index contributed by atoms with van der Waals surface area (Å²) in [5, 5.41) is 0. The second-order valence-electron chi connectivity index (χ2n) is 0.898. The molecule has 0 aromatic rings. The van der Waals surface area contributed by atoms with Crippen LogP contribution < -0.4 is 0 Å². The smallest absolute Gasteiger partial charge is 0.109 e. The average Bonchev–Trinajstić information content (AvgIpc) is 1.36. The fourth-order valence-electron chi connectivity index (χ4n) is 0.157. The molecular formula is BP3. The molecule has 2 heterocycles. The summed E-state index contributed by atoms with van der Waals surface area (Å²) in [4.78, 5) is 0. The molecule has 0 unspecified atom stereocenters. The lowest BCUT2D eigenvalue weighted by Crippen LogP contribution is -1.36. The molecule has 0 radical (unpaired) electrons. The van der Waals surface area contributed by atoms with Gasteiger partial charge in [-0.15, -0.1) is 21.9 Å². The minimum Gasteiger partial charge on any atom is -0.109 e.